The van der Waals surface area contributed by atoms with Crippen LogP contribution in [0, 0.1) is 0 Å². The van der Waals surface area contributed by atoms with Crippen molar-refractivity contribution in [1.29, 1.82) is 0 Å². The second-order valence-corrected chi connectivity index (χ2v) is 5.06. The molecule has 0 aliphatic rings. The van der Waals surface area contributed by atoms with E-state index in [1.54, 1.807) is 0 Å². The van der Waals surface area contributed by atoms with Crippen molar-refractivity contribution in [3.05, 3.63) is 18.0 Å². The Hall–Kier alpha value is -0.480. The number of nitrogens with zero attached hydrogens (tertiary/aromatic N) is 2. The SMILES string of the molecule is CCC(CC)n1ccc(CSCCCN)n1. The fourth-order valence-electron chi connectivity index (χ4n) is 1.68. The van der Waals surface area contributed by atoms with E-state index in [1.165, 1.54) is 5.69 Å². The monoisotopic (exact) mass is 241 g/mol. The first-order valence-electron chi connectivity index (χ1n) is 6.13. The molecule has 0 aliphatic heterocycles. The van der Waals surface area contributed by atoms with Gasteiger partial charge < -0.3 is 5.73 Å². The van der Waals surface area contributed by atoms with Crippen LogP contribution in [0.5, 0.6) is 0 Å². The van der Waals surface area contributed by atoms with Crippen LogP contribution in [0.2, 0.25) is 0 Å². The lowest BCUT2D eigenvalue weighted by Gasteiger charge is -2.12. The van der Waals surface area contributed by atoms with Crippen LogP contribution in [0.3, 0.4) is 0 Å². The first-order valence-corrected chi connectivity index (χ1v) is 7.29. The Bertz CT molecular complexity index is 282. The summed E-state index contributed by atoms with van der Waals surface area (Å²) in [5.41, 5.74) is 6.64. The Labute approximate surface area is 103 Å². The van der Waals surface area contributed by atoms with E-state index in [1.807, 2.05) is 11.8 Å². The van der Waals surface area contributed by atoms with Gasteiger partial charge in [0.05, 0.1) is 11.7 Å². The summed E-state index contributed by atoms with van der Waals surface area (Å²) < 4.78 is 2.11. The summed E-state index contributed by atoms with van der Waals surface area (Å²) >= 11 is 1.92. The van der Waals surface area contributed by atoms with Crippen LogP contribution in [-0.4, -0.2) is 22.1 Å². The second-order valence-electron chi connectivity index (χ2n) is 3.95. The van der Waals surface area contributed by atoms with Crippen molar-refractivity contribution < 1.29 is 0 Å². The minimum absolute atomic E-state index is 0.558. The van der Waals surface area contributed by atoms with Crippen molar-refractivity contribution in [3.8, 4) is 0 Å². The zero-order valence-corrected chi connectivity index (χ0v) is 11.2. The second kappa shape index (κ2) is 7.74. The van der Waals surface area contributed by atoms with E-state index in [0.717, 1.165) is 37.3 Å². The van der Waals surface area contributed by atoms with Gasteiger partial charge in [0.1, 0.15) is 0 Å². The van der Waals surface area contributed by atoms with Crippen LogP contribution in [0.25, 0.3) is 0 Å². The maximum Gasteiger partial charge on any atom is 0.0723 e. The van der Waals surface area contributed by atoms with Gasteiger partial charge in [0, 0.05) is 11.9 Å². The zero-order chi connectivity index (χ0) is 11.8. The summed E-state index contributed by atoms with van der Waals surface area (Å²) in [4.78, 5) is 0. The van der Waals surface area contributed by atoms with Gasteiger partial charge in [-0.25, -0.2) is 0 Å². The van der Waals surface area contributed by atoms with Crippen LogP contribution in [0.4, 0.5) is 0 Å². The van der Waals surface area contributed by atoms with Crippen molar-refractivity contribution in [2.75, 3.05) is 12.3 Å². The predicted molar refractivity (Wildman–Crippen MR) is 71.7 cm³/mol. The standard InChI is InChI=1S/C12H23N3S/c1-3-12(4-2)15-8-6-11(14-15)10-16-9-5-7-13/h6,8,12H,3-5,7,9-10,13H2,1-2H3. The lowest BCUT2D eigenvalue weighted by Crippen LogP contribution is -2.07. The third-order valence-electron chi connectivity index (χ3n) is 2.72. The normalized spacial score (nSPS) is 11.2. The topological polar surface area (TPSA) is 43.8 Å². The van der Waals surface area contributed by atoms with Gasteiger partial charge >= 0.3 is 0 Å². The van der Waals surface area contributed by atoms with Gasteiger partial charge in [0.15, 0.2) is 0 Å². The third kappa shape index (κ3) is 4.18. The fraction of sp³-hybridized carbons (Fsp3) is 0.750. The molecule has 0 radical (unpaired) electrons. The van der Waals surface area contributed by atoms with Crippen LogP contribution < -0.4 is 5.73 Å². The fourth-order valence-corrected chi connectivity index (χ4v) is 2.56. The summed E-state index contributed by atoms with van der Waals surface area (Å²) in [7, 11) is 0. The van der Waals surface area contributed by atoms with Crippen LogP contribution in [0.1, 0.15) is 44.8 Å². The molecule has 0 amide bonds. The molecule has 3 nitrogen and oxygen atoms in total. The average Bonchev–Trinajstić information content (AvgIpc) is 2.75. The number of nitrogens with two attached hydrogens (primary N) is 1. The molecule has 1 rings (SSSR count). The smallest absolute Gasteiger partial charge is 0.0723 e. The minimum Gasteiger partial charge on any atom is -0.330 e. The van der Waals surface area contributed by atoms with E-state index in [4.69, 9.17) is 5.73 Å². The average molecular weight is 241 g/mol. The molecule has 0 aromatic carbocycles. The molecule has 0 saturated carbocycles. The van der Waals surface area contributed by atoms with E-state index >= 15 is 0 Å². The highest BCUT2D eigenvalue weighted by atomic mass is 32.2. The van der Waals surface area contributed by atoms with Gasteiger partial charge in [0.2, 0.25) is 0 Å². The molecule has 0 atom stereocenters. The van der Waals surface area contributed by atoms with Gasteiger partial charge in [-0.15, -0.1) is 0 Å². The number of rotatable bonds is 8. The third-order valence-corrected chi connectivity index (χ3v) is 3.80. The van der Waals surface area contributed by atoms with E-state index in [9.17, 15) is 0 Å². The molecule has 92 valence electrons. The predicted octanol–water partition coefficient (Wildman–Crippen LogP) is 2.83. The molecule has 1 aromatic rings. The molecule has 1 heterocycles. The van der Waals surface area contributed by atoms with E-state index in [-0.39, 0.29) is 0 Å². The molecule has 16 heavy (non-hydrogen) atoms. The number of hydrogen-bond donors (Lipinski definition) is 1. The van der Waals surface area contributed by atoms with Crippen molar-refractivity contribution >= 4 is 11.8 Å². The number of aromatic nitrogens is 2. The minimum atomic E-state index is 0.558. The van der Waals surface area contributed by atoms with Crippen LogP contribution in [0.15, 0.2) is 12.3 Å². The van der Waals surface area contributed by atoms with Gasteiger partial charge in [0.25, 0.3) is 0 Å². The Balaban J connectivity index is 2.38. The molecular formula is C12H23N3S. The maximum atomic E-state index is 5.45. The van der Waals surface area contributed by atoms with Crippen molar-refractivity contribution in [3.63, 3.8) is 0 Å². The lowest BCUT2D eigenvalue weighted by molar-refractivity contribution is 0.426. The number of hydrogen-bond acceptors (Lipinski definition) is 3. The Morgan fingerprint density at radius 3 is 2.81 bits per heavy atom. The van der Waals surface area contributed by atoms with Gasteiger partial charge in [-0.2, -0.15) is 16.9 Å². The molecule has 0 aliphatic carbocycles. The largest absolute Gasteiger partial charge is 0.330 e. The van der Waals surface area contributed by atoms with E-state index < -0.39 is 0 Å². The summed E-state index contributed by atoms with van der Waals surface area (Å²) in [6, 6.07) is 2.69. The molecule has 2 N–H and O–H groups in total. The Kier molecular flexibility index (Phi) is 6.57. The molecule has 4 heteroatoms. The van der Waals surface area contributed by atoms with Crippen LogP contribution >= 0.6 is 11.8 Å². The Morgan fingerprint density at radius 1 is 1.44 bits per heavy atom. The van der Waals surface area contributed by atoms with Gasteiger partial charge in [-0.1, -0.05) is 13.8 Å². The molecule has 0 bridgehead atoms. The van der Waals surface area contributed by atoms with Crippen molar-refractivity contribution in [2.45, 2.75) is 44.9 Å². The zero-order valence-electron chi connectivity index (χ0n) is 10.4. The molecular weight excluding hydrogens is 218 g/mol. The van der Waals surface area contributed by atoms with E-state index in [2.05, 4.69) is 35.9 Å². The molecule has 1 aromatic heterocycles. The quantitative estimate of drug-likeness (QED) is 0.712. The van der Waals surface area contributed by atoms with E-state index in [0.29, 0.717) is 6.04 Å². The maximum absolute atomic E-state index is 5.45. The summed E-state index contributed by atoms with van der Waals surface area (Å²) in [6.45, 7) is 5.21. The highest BCUT2D eigenvalue weighted by Gasteiger charge is 2.07. The summed E-state index contributed by atoms with van der Waals surface area (Å²) in [5, 5.41) is 4.61. The van der Waals surface area contributed by atoms with Gasteiger partial charge in [-0.3, -0.25) is 4.68 Å². The molecule has 0 unspecified atom stereocenters. The summed E-state index contributed by atoms with van der Waals surface area (Å²) in [6.07, 6.45) is 5.50. The first-order chi connectivity index (χ1) is 7.81. The molecule has 0 saturated heterocycles. The highest BCUT2D eigenvalue weighted by Crippen LogP contribution is 2.17. The van der Waals surface area contributed by atoms with Gasteiger partial charge in [-0.05, 0) is 37.6 Å². The summed E-state index contributed by atoms with van der Waals surface area (Å²) in [5.74, 6) is 2.14. The Morgan fingerprint density at radius 2 is 2.19 bits per heavy atom. The molecule has 0 fully saturated rings. The van der Waals surface area contributed by atoms with Crippen molar-refractivity contribution in [2.24, 2.45) is 5.73 Å². The van der Waals surface area contributed by atoms with Crippen molar-refractivity contribution in [1.82, 2.24) is 9.78 Å². The lowest BCUT2D eigenvalue weighted by atomic mass is 10.2. The first kappa shape index (κ1) is 13.6. The number of thioether (sulfide) groups is 1. The highest BCUT2D eigenvalue weighted by molar-refractivity contribution is 7.98. The molecule has 0 spiro atoms. The van der Waals surface area contributed by atoms with Crippen LogP contribution in [-0.2, 0) is 5.75 Å².